The Balaban J connectivity index is 1.37. The summed E-state index contributed by atoms with van der Waals surface area (Å²) in [4.78, 5) is 5.57. The monoisotopic (exact) mass is 513 g/mol. The molecule has 0 N–H and O–H groups in total. The topological polar surface area (TPSA) is 12.4 Å². The van der Waals surface area contributed by atoms with Gasteiger partial charge in [0.25, 0.3) is 0 Å². The fourth-order valence-corrected chi connectivity index (χ4v) is 5.49. The molecule has 0 saturated heterocycles. The summed E-state index contributed by atoms with van der Waals surface area (Å²) in [6, 6.07) is 11.4. The number of benzene rings is 2. The molecule has 150 valence electrons. The van der Waals surface area contributed by atoms with E-state index in [2.05, 4.69) is 89.8 Å². The van der Waals surface area contributed by atoms with Gasteiger partial charge in [-0.3, -0.25) is 4.99 Å². The Hall–Kier alpha value is -1.33. The maximum Gasteiger partial charge on any atom is 0.0667 e. The average Bonchev–Trinajstić information content (AvgIpc) is 2.69. The number of allylic oxidation sites excluding steroid dienone is 1. The molecular formula is C26H28INS. The van der Waals surface area contributed by atoms with Gasteiger partial charge in [0.05, 0.1) is 9.91 Å². The van der Waals surface area contributed by atoms with Gasteiger partial charge in [-0.05, 0) is 125 Å². The summed E-state index contributed by atoms with van der Waals surface area (Å²) in [7, 11) is 0. The summed E-state index contributed by atoms with van der Waals surface area (Å²) in [5.74, 6) is 1.91. The third-order valence-electron chi connectivity index (χ3n) is 6.55. The maximum absolute atomic E-state index is 4.43. The molecule has 4 rings (SSSR count). The fourth-order valence-electron chi connectivity index (χ4n) is 4.57. The minimum Gasteiger partial charge on any atom is -0.250 e. The second kappa shape index (κ2) is 9.22. The molecule has 2 aromatic carbocycles. The van der Waals surface area contributed by atoms with Gasteiger partial charge in [-0.1, -0.05) is 48.7 Å². The smallest absolute Gasteiger partial charge is 0.0667 e. The number of nitrogens with zero attached hydrogens (tertiary/aromatic N) is 1. The van der Waals surface area contributed by atoms with Crippen LogP contribution in [-0.2, 0) is 19.3 Å². The standard InChI is InChI=1S/C26H28INS/c1-17-12-26(28-16-27)18(2)11-20(17)5-4-10-29-19(3)21-6-7-24-14-22-8-9-23(22)15-25(24)13-21/h4,6-7,10-13,16,22-23H,3,5,8-9,14-15H2,1-2H3/b10-4+,28-16+. The van der Waals surface area contributed by atoms with Crippen molar-refractivity contribution in [1.82, 2.24) is 0 Å². The van der Waals surface area contributed by atoms with Crippen molar-refractivity contribution in [2.45, 2.75) is 46.0 Å². The second-order valence-corrected chi connectivity index (χ2v) is 9.96. The number of thioether (sulfide) groups is 1. The number of rotatable bonds is 6. The number of hydrogen-bond donors (Lipinski definition) is 0. The van der Waals surface area contributed by atoms with Crippen molar-refractivity contribution in [2.75, 3.05) is 0 Å². The van der Waals surface area contributed by atoms with E-state index in [9.17, 15) is 0 Å². The van der Waals surface area contributed by atoms with Gasteiger partial charge in [-0.2, -0.15) is 0 Å². The molecule has 2 aliphatic carbocycles. The molecule has 2 atom stereocenters. The van der Waals surface area contributed by atoms with E-state index in [0.717, 1.165) is 28.8 Å². The quantitative estimate of drug-likeness (QED) is 0.282. The molecular weight excluding hydrogens is 485 g/mol. The normalized spacial score (nSPS) is 20.5. The molecule has 0 amide bonds. The lowest BCUT2D eigenvalue weighted by molar-refractivity contribution is 0.162. The third kappa shape index (κ3) is 4.72. The Morgan fingerprint density at radius 1 is 1.10 bits per heavy atom. The molecule has 2 aliphatic rings. The van der Waals surface area contributed by atoms with E-state index < -0.39 is 0 Å². The van der Waals surface area contributed by atoms with E-state index >= 15 is 0 Å². The lowest BCUT2D eigenvalue weighted by atomic mass is 9.64. The second-order valence-electron chi connectivity index (χ2n) is 8.40. The zero-order chi connectivity index (χ0) is 20.4. The van der Waals surface area contributed by atoms with Gasteiger partial charge in [-0.15, -0.1) is 0 Å². The number of halogens is 1. The van der Waals surface area contributed by atoms with E-state index in [4.69, 9.17) is 0 Å². The number of hydrogen-bond acceptors (Lipinski definition) is 2. The lowest BCUT2D eigenvalue weighted by Crippen LogP contribution is -2.33. The summed E-state index contributed by atoms with van der Waals surface area (Å²) in [6.07, 6.45) is 8.62. The van der Waals surface area contributed by atoms with E-state index in [1.54, 1.807) is 22.9 Å². The fraction of sp³-hybridized carbons (Fsp3) is 0.346. The molecule has 0 radical (unpaired) electrons. The van der Waals surface area contributed by atoms with Gasteiger partial charge in [0.15, 0.2) is 0 Å². The predicted octanol–water partition coefficient (Wildman–Crippen LogP) is 7.98. The predicted molar refractivity (Wildman–Crippen MR) is 138 cm³/mol. The van der Waals surface area contributed by atoms with Gasteiger partial charge in [-0.25, -0.2) is 0 Å². The van der Waals surface area contributed by atoms with Crippen molar-refractivity contribution < 1.29 is 0 Å². The Kier molecular flexibility index (Phi) is 6.65. The highest BCUT2D eigenvalue weighted by atomic mass is 127. The van der Waals surface area contributed by atoms with Crippen molar-refractivity contribution in [3.05, 3.63) is 81.8 Å². The van der Waals surface area contributed by atoms with E-state index in [1.165, 1.54) is 47.9 Å². The van der Waals surface area contributed by atoms with Crippen LogP contribution in [0, 0.1) is 25.7 Å². The zero-order valence-electron chi connectivity index (χ0n) is 17.2. The highest BCUT2D eigenvalue weighted by Crippen LogP contribution is 2.44. The Morgan fingerprint density at radius 3 is 2.59 bits per heavy atom. The minimum atomic E-state index is 0.939. The summed E-state index contributed by atoms with van der Waals surface area (Å²) < 4.78 is 1.83. The minimum absolute atomic E-state index is 0.939. The van der Waals surface area contributed by atoms with Gasteiger partial charge in [0.2, 0.25) is 0 Å². The molecule has 29 heavy (non-hydrogen) atoms. The van der Waals surface area contributed by atoms with Gasteiger partial charge >= 0.3 is 0 Å². The van der Waals surface area contributed by atoms with Crippen molar-refractivity contribution in [3.63, 3.8) is 0 Å². The first kappa shape index (κ1) is 20.9. The highest BCUT2D eigenvalue weighted by molar-refractivity contribution is 14.1. The number of fused-ring (bicyclic) bond motifs is 2. The summed E-state index contributed by atoms with van der Waals surface area (Å²) in [6.45, 7) is 8.62. The van der Waals surface area contributed by atoms with Crippen LogP contribution < -0.4 is 0 Å². The van der Waals surface area contributed by atoms with Crippen LogP contribution in [-0.4, -0.2) is 4.22 Å². The molecule has 1 saturated carbocycles. The van der Waals surface area contributed by atoms with Crippen LogP contribution in [0.25, 0.3) is 4.91 Å². The molecule has 1 nitrogen and oxygen atoms in total. The van der Waals surface area contributed by atoms with Crippen molar-refractivity contribution in [3.8, 4) is 0 Å². The molecule has 0 bridgehead atoms. The molecule has 0 aliphatic heterocycles. The summed E-state index contributed by atoms with van der Waals surface area (Å²) in [5.41, 5.74) is 9.37. The third-order valence-corrected chi connectivity index (χ3v) is 7.68. The van der Waals surface area contributed by atoms with Gasteiger partial charge < -0.3 is 0 Å². The van der Waals surface area contributed by atoms with E-state index in [0.29, 0.717) is 0 Å². The first-order chi connectivity index (χ1) is 14.0. The van der Waals surface area contributed by atoms with Gasteiger partial charge in [0.1, 0.15) is 0 Å². The lowest BCUT2D eigenvalue weighted by Gasteiger charge is -2.41. The van der Waals surface area contributed by atoms with Crippen molar-refractivity contribution in [2.24, 2.45) is 16.8 Å². The molecule has 0 spiro atoms. The number of aliphatic imine (C=N–C) groups is 1. The van der Waals surface area contributed by atoms with Gasteiger partial charge in [0, 0.05) is 4.91 Å². The van der Waals surface area contributed by atoms with Crippen LogP contribution >= 0.6 is 34.4 Å². The van der Waals surface area contributed by atoms with Crippen LogP contribution in [0.15, 0.2) is 53.4 Å². The summed E-state index contributed by atoms with van der Waals surface area (Å²) in [5, 5.41) is 2.19. The molecule has 1 fully saturated rings. The largest absolute Gasteiger partial charge is 0.250 e. The van der Waals surface area contributed by atoms with E-state index in [-0.39, 0.29) is 0 Å². The first-order valence-electron chi connectivity index (χ1n) is 10.4. The molecule has 0 heterocycles. The highest BCUT2D eigenvalue weighted by Gasteiger charge is 2.35. The van der Waals surface area contributed by atoms with Crippen molar-refractivity contribution in [1.29, 1.82) is 0 Å². The van der Waals surface area contributed by atoms with Crippen LogP contribution in [0.1, 0.15) is 46.2 Å². The SMILES string of the molecule is C=C(S/C=C/Cc1cc(C)c(/N=C/I)cc1C)c1ccc2c(c1)CC1CCC1C2. The Bertz CT molecular complexity index is 988. The van der Waals surface area contributed by atoms with Crippen LogP contribution in [0.2, 0.25) is 0 Å². The van der Waals surface area contributed by atoms with E-state index in [1.807, 2.05) is 4.22 Å². The van der Waals surface area contributed by atoms with Crippen LogP contribution in [0.5, 0.6) is 0 Å². The average molecular weight is 513 g/mol. The Labute approximate surface area is 192 Å². The zero-order valence-corrected chi connectivity index (χ0v) is 20.2. The molecule has 2 aromatic rings. The summed E-state index contributed by atoms with van der Waals surface area (Å²) >= 11 is 3.91. The first-order valence-corrected chi connectivity index (χ1v) is 12.5. The van der Waals surface area contributed by atoms with Crippen LogP contribution in [0.4, 0.5) is 5.69 Å². The maximum atomic E-state index is 4.43. The molecule has 3 heteroatoms. The number of aryl methyl sites for hydroxylation is 2. The molecule has 0 aromatic heterocycles. The van der Waals surface area contributed by atoms with Crippen molar-refractivity contribution >= 4 is 49.2 Å². The van der Waals surface area contributed by atoms with Crippen LogP contribution in [0.3, 0.4) is 0 Å². The molecule has 2 unspecified atom stereocenters. The Morgan fingerprint density at radius 2 is 1.86 bits per heavy atom.